The SMILES string of the molecule is CNc1nc(N)nc2nc(-c3c(C)cccc3C)ccc12. The van der Waals surface area contributed by atoms with E-state index in [4.69, 9.17) is 5.73 Å². The quantitative estimate of drug-likeness (QED) is 0.754. The summed E-state index contributed by atoms with van der Waals surface area (Å²) in [6.07, 6.45) is 0. The molecule has 0 radical (unpaired) electrons. The smallest absolute Gasteiger partial charge is 0.224 e. The Morgan fingerprint density at radius 1 is 0.952 bits per heavy atom. The van der Waals surface area contributed by atoms with Gasteiger partial charge >= 0.3 is 0 Å². The van der Waals surface area contributed by atoms with Crippen LogP contribution in [0.15, 0.2) is 30.3 Å². The van der Waals surface area contributed by atoms with E-state index in [-0.39, 0.29) is 5.95 Å². The van der Waals surface area contributed by atoms with Crippen molar-refractivity contribution in [2.45, 2.75) is 13.8 Å². The molecule has 106 valence electrons. The molecule has 3 aromatic rings. The molecule has 0 atom stereocenters. The van der Waals surface area contributed by atoms with Crippen molar-refractivity contribution in [2.75, 3.05) is 18.1 Å². The third-order valence-electron chi connectivity index (χ3n) is 3.55. The molecular formula is C16H17N5. The van der Waals surface area contributed by atoms with Crippen LogP contribution in [0.25, 0.3) is 22.3 Å². The fraction of sp³-hybridized carbons (Fsp3) is 0.188. The Hall–Kier alpha value is -2.69. The van der Waals surface area contributed by atoms with Gasteiger partial charge in [0.25, 0.3) is 0 Å². The molecule has 0 saturated heterocycles. The van der Waals surface area contributed by atoms with Crippen LogP contribution in [0.3, 0.4) is 0 Å². The predicted molar refractivity (Wildman–Crippen MR) is 86.2 cm³/mol. The summed E-state index contributed by atoms with van der Waals surface area (Å²) in [6, 6.07) is 10.2. The third kappa shape index (κ3) is 2.27. The monoisotopic (exact) mass is 279 g/mol. The van der Waals surface area contributed by atoms with E-state index >= 15 is 0 Å². The Kier molecular flexibility index (Phi) is 3.17. The van der Waals surface area contributed by atoms with E-state index in [9.17, 15) is 0 Å². The van der Waals surface area contributed by atoms with Crippen molar-refractivity contribution in [1.82, 2.24) is 15.0 Å². The number of anilines is 2. The van der Waals surface area contributed by atoms with E-state index in [1.54, 1.807) is 7.05 Å². The zero-order chi connectivity index (χ0) is 15.0. The third-order valence-corrected chi connectivity index (χ3v) is 3.55. The van der Waals surface area contributed by atoms with Gasteiger partial charge in [-0.2, -0.15) is 9.97 Å². The van der Waals surface area contributed by atoms with Crippen LogP contribution in [0.2, 0.25) is 0 Å². The van der Waals surface area contributed by atoms with Crippen molar-refractivity contribution in [1.29, 1.82) is 0 Å². The van der Waals surface area contributed by atoms with Crippen LogP contribution < -0.4 is 11.1 Å². The molecule has 0 saturated carbocycles. The fourth-order valence-corrected chi connectivity index (χ4v) is 2.58. The van der Waals surface area contributed by atoms with Gasteiger partial charge in [0.2, 0.25) is 5.95 Å². The molecule has 1 aromatic carbocycles. The topological polar surface area (TPSA) is 76.7 Å². The van der Waals surface area contributed by atoms with E-state index in [0.29, 0.717) is 11.5 Å². The Labute approximate surface area is 123 Å². The van der Waals surface area contributed by atoms with Gasteiger partial charge in [0, 0.05) is 12.6 Å². The molecule has 2 aromatic heterocycles. The summed E-state index contributed by atoms with van der Waals surface area (Å²) in [5, 5.41) is 3.88. The Morgan fingerprint density at radius 2 is 1.67 bits per heavy atom. The predicted octanol–water partition coefficient (Wildman–Crippen LogP) is 2.93. The van der Waals surface area contributed by atoms with Gasteiger partial charge in [-0.15, -0.1) is 0 Å². The lowest BCUT2D eigenvalue weighted by Crippen LogP contribution is -2.02. The summed E-state index contributed by atoms with van der Waals surface area (Å²) in [7, 11) is 1.81. The van der Waals surface area contributed by atoms with Crippen molar-refractivity contribution in [3.63, 3.8) is 0 Å². The summed E-state index contributed by atoms with van der Waals surface area (Å²) in [5.74, 6) is 0.913. The number of hydrogen-bond donors (Lipinski definition) is 2. The van der Waals surface area contributed by atoms with Crippen LogP contribution in [0, 0.1) is 13.8 Å². The standard InChI is InChI=1S/C16H17N5/c1-9-5-4-6-10(2)13(9)12-8-7-11-14(18-3)20-16(17)21-15(11)19-12/h4-8H,1-3H3,(H3,17,18,19,20,21). The van der Waals surface area contributed by atoms with E-state index in [1.165, 1.54) is 11.1 Å². The maximum atomic E-state index is 5.75. The second-order valence-electron chi connectivity index (χ2n) is 5.01. The number of nitrogens with two attached hydrogens (primary N) is 1. The highest BCUT2D eigenvalue weighted by Crippen LogP contribution is 2.28. The van der Waals surface area contributed by atoms with E-state index in [0.717, 1.165) is 16.6 Å². The number of nitrogens with zero attached hydrogens (tertiary/aromatic N) is 3. The number of nitrogen functional groups attached to an aromatic ring is 1. The van der Waals surface area contributed by atoms with Crippen LogP contribution in [-0.2, 0) is 0 Å². The molecule has 0 amide bonds. The Balaban J connectivity index is 2.27. The molecule has 0 aliphatic heterocycles. The minimum Gasteiger partial charge on any atom is -0.372 e. The number of benzene rings is 1. The van der Waals surface area contributed by atoms with Crippen LogP contribution >= 0.6 is 0 Å². The fourth-order valence-electron chi connectivity index (χ4n) is 2.58. The summed E-state index contributed by atoms with van der Waals surface area (Å²) in [4.78, 5) is 13.1. The van der Waals surface area contributed by atoms with Crippen molar-refractivity contribution in [3.8, 4) is 11.3 Å². The molecule has 0 aliphatic carbocycles. The zero-order valence-electron chi connectivity index (χ0n) is 12.3. The number of hydrogen-bond acceptors (Lipinski definition) is 5. The van der Waals surface area contributed by atoms with Gasteiger partial charge in [-0.1, -0.05) is 18.2 Å². The van der Waals surface area contributed by atoms with Crippen molar-refractivity contribution in [3.05, 3.63) is 41.5 Å². The van der Waals surface area contributed by atoms with E-state index < -0.39 is 0 Å². The number of aromatic nitrogens is 3. The molecule has 0 spiro atoms. The van der Waals surface area contributed by atoms with Gasteiger partial charge in [-0.25, -0.2) is 4.98 Å². The van der Waals surface area contributed by atoms with Crippen molar-refractivity contribution >= 4 is 22.8 Å². The molecule has 0 bridgehead atoms. The first-order valence-corrected chi connectivity index (χ1v) is 6.79. The van der Waals surface area contributed by atoms with Gasteiger partial charge < -0.3 is 11.1 Å². The highest BCUT2D eigenvalue weighted by molar-refractivity contribution is 5.89. The molecule has 0 aliphatic rings. The number of fused-ring (bicyclic) bond motifs is 1. The van der Waals surface area contributed by atoms with Crippen LogP contribution in [0.1, 0.15) is 11.1 Å². The summed E-state index contributed by atoms with van der Waals surface area (Å²) < 4.78 is 0. The van der Waals surface area contributed by atoms with Crippen molar-refractivity contribution in [2.24, 2.45) is 0 Å². The summed E-state index contributed by atoms with van der Waals surface area (Å²) in [6.45, 7) is 4.17. The number of aryl methyl sites for hydroxylation is 2. The Morgan fingerprint density at radius 3 is 2.33 bits per heavy atom. The van der Waals surface area contributed by atoms with Gasteiger partial charge in [-0.3, -0.25) is 0 Å². The molecule has 5 nitrogen and oxygen atoms in total. The van der Waals surface area contributed by atoms with Crippen molar-refractivity contribution < 1.29 is 0 Å². The van der Waals surface area contributed by atoms with Gasteiger partial charge in [0.1, 0.15) is 5.82 Å². The second-order valence-corrected chi connectivity index (χ2v) is 5.01. The Bertz CT molecular complexity index is 806. The maximum Gasteiger partial charge on any atom is 0.224 e. The van der Waals surface area contributed by atoms with Crippen LogP contribution in [0.4, 0.5) is 11.8 Å². The van der Waals surface area contributed by atoms with Gasteiger partial charge in [0.05, 0.1) is 11.1 Å². The molecule has 2 heterocycles. The first kappa shape index (κ1) is 13.3. The van der Waals surface area contributed by atoms with Crippen LogP contribution in [-0.4, -0.2) is 22.0 Å². The summed E-state index contributed by atoms with van der Waals surface area (Å²) >= 11 is 0. The first-order chi connectivity index (χ1) is 10.1. The molecule has 0 unspecified atom stereocenters. The first-order valence-electron chi connectivity index (χ1n) is 6.79. The lowest BCUT2D eigenvalue weighted by Gasteiger charge is -2.11. The largest absolute Gasteiger partial charge is 0.372 e. The minimum absolute atomic E-state index is 0.220. The number of nitrogens with one attached hydrogen (secondary N) is 1. The molecule has 21 heavy (non-hydrogen) atoms. The highest BCUT2D eigenvalue weighted by atomic mass is 15.1. The van der Waals surface area contributed by atoms with E-state index in [2.05, 4.69) is 52.3 Å². The van der Waals surface area contributed by atoms with E-state index in [1.807, 2.05) is 12.1 Å². The van der Waals surface area contributed by atoms with Crippen LogP contribution in [0.5, 0.6) is 0 Å². The lowest BCUT2D eigenvalue weighted by atomic mass is 9.99. The molecule has 0 fully saturated rings. The number of pyridine rings is 1. The highest BCUT2D eigenvalue weighted by Gasteiger charge is 2.11. The average molecular weight is 279 g/mol. The number of rotatable bonds is 2. The molecule has 3 rings (SSSR count). The van der Waals surface area contributed by atoms with Gasteiger partial charge in [0.15, 0.2) is 5.65 Å². The zero-order valence-corrected chi connectivity index (χ0v) is 12.3. The normalized spacial score (nSPS) is 10.8. The average Bonchev–Trinajstić information content (AvgIpc) is 2.45. The molecule has 5 heteroatoms. The minimum atomic E-state index is 0.220. The maximum absolute atomic E-state index is 5.75. The molecule has 3 N–H and O–H groups in total. The second kappa shape index (κ2) is 5.01. The van der Waals surface area contributed by atoms with Gasteiger partial charge in [-0.05, 0) is 37.1 Å². The molecular weight excluding hydrogens is 262 g/mol. The summed E-state index contributed by atoms with van der Waals surface area (Å²) in [5.41, 5.74) is 10.8. The lowest BCUT2D eigenvalue weighted by molar-refractivity contribution is 1.18.